The number of rotatable bonds is 4. The number of hydrogen-bond acceptors (Lipinski definition) is 5. The first-order valence-corrected chi connectivity index (χ1v) is 9.05. The molecule has 1 aromatic carbocycles. The number of aromatic nitrogens is 4. The molecule has 1 aromatic heterocycles. The average molecular weight is 315 g/mol. The molecule has 2 aliphatic rings. The minimum atomic E-state index is 0.435. The van der Waals surface area contributed by atoms with Gasteiger partial charge >= 0.3 is 0 Å². The summed E-state index contributed by atoms with van der Waals surface area (Å²) in [5, 5.41) is 12.9. The van der Waals surface area contributed by atoms with Crippen molar-refractivity contribution in [3.05, 3.63) is 41.7 Å². The van der Waals surface area contributed by atoms with Gasteiger partial charge in [0.15, 0.2) is 5.82 Å². The molecule has 5 nitrogen and oxygen atoms in total. The maximum atomic E-state index is 4.28. The predicted octanol–water partition coefficient (Wildman–Crippen LogP) is 2.69. The molecule has 2 aromatic rings. The van der Waals surface area contributed by atoms with Gasteiger partial charge in [0.2, 0.25) is 0 Å². The second-order valence-corrected chi connectivity index (χ2v) is 7.66. The normalized spacial score (nSPS) is 26.2. The second kappa shape index (κ2) is 6.01. The minimum Gasteiger partial charge on any atom is -0.287 e. The minimum absolute atomic E-state index is 0.435. The molecule has 1 saturated carbocycles. The molecule has 1 saturated heterocycles. The maximum Gasteiger partial charge on any atom is 0.165 e. The lowest BCUT2D eigenvalue weighted by Gasteiger charge is -2.39. The van der Waals surface area contributed by atoms with Gasteiger partial charge in [0.05, 0.1) is 12.6 Å². The van der Waals surface area contributed by atoms with Crippen LogP contribution in [0.4, 0.5) is 0 Å². The summed E-state index contributed by atoms with van der Waals surface area (Å²) < 4.78 is 2.04. The number of hydrogen-bond donors (Lipinski definition) is 0. The van der Waals surface area contributed by atoms with Crippen molar-refractivity contribution < 1.29 is 0 Å². The molecule has 2 fully saturated rings. The van der Waals surface area contributed by atoms with Crippen LogP contribution < -0.4 is 0 Å². The van der Waals surface area contributed by atoms with Gasteiger partial charge in [-0.1, -0.05) is 37.3 Å². The second-order valence-electron chi connectivity index (χ2n) is 6.17. The van der Waals surface area contributed by atoms with Crippen LogP contribution in [0.25, 0.3) is 0 Å². The summed E-state index contributed by atoms with van der Waals surface area (Å²) in [5.41, 5.74) is 1.40. The first-order valence-electron chi connectivity index (χ1n) is 8.00. The molecule has 0 N–H and O–H groups in total. The predicted molar refractivity (Wildman–Crippen MR) is 87.6 cm³/mol. The Kier molecular flexibility index (Phi) is 3.88. The summed E-state index contributed by atoms with van der Waals surface area (Å²) in [4.78, 5) is 2.54. The summed E-state index contributed by atoms with van der Waals surface area (Å²) in [6.07, 6.45) is 2.43. The van der Waals surface area contributed by atoms with Gasteiger partial charge < -0.3 is 0 Å². The van der Waals surface area contributed by atoms with E-state index in [1.54, 1.807) is 0 Å². The van der Waals surface area contributed by atoms with Crippen LogP contribution in [-0.2, 0) is 6.54 Å². The Bertz CT molecular complexity index is 624. The third kappa shape index (κ3) is 2.77. The molecule has 0 unspecified atom stereocenters. The van der Waals surface area contributed by atoms with E-state index in [0.717, 1.165) is 18.9 Å². The van der Waals surface area contributed by atoms with Gasteiger partial charge in [-0.2, -0.15) is 11.8 Å². The molecule has 0 spiro atoms. The molecule has 2 atom stereocenters. The zero-order valence-electron chi connectivity index (χ0n) is 12.8. The van der Waals surface area contributed by atoms with Gasteiger partial charge in [-0.3, -0.25) is 4.90 Å². The largest absolute Gasteiger partial charge is 0.287 e. The lowest BCUT2D eigenvalue weighted by Crippen LogP contribution is -2.40. The first kappa shape index (κ1) is 14.2. The Morgan fingerprint density at radius 2 is 2.05 bits per heavy atom. The highest BCUT2D eigenvalue weighted by atomic mass is 32.2. The van der Waals surface area contributed by atoms with Crippen LogP contribution in [0, 0.1) is 0 Å². The molecule has 116 valence electrons. The van der Waals surface area contributed by atoms with Crippen molar-refractivity contribution in [3.8, 4) is 0 Å². The van der Waals surface area contributed by atoms with Gasteiger partial charge in [0, 0.05) is 23.6 Å². The summed E-state index contributed by atoms with van der Waals surface area (Å²) in [5.74, 6) is 2.19. The van der Waals surface area contributed by atoms with E-state index in [2.05, 4.69) is 69.4 Å². The van der Waals surface area contributed by atoms with Crippen molar-refractivity contribution in [3.63, 3.8) is 0 Å². The van der Waals surface area contributed by atoms with Crippen LogP contribution in [0.1, 0.15) is 43.2 Å². The summed E-state index contributed by atoms with van der Waals surface area (Å²) >= 11 is 2.06. The number of thioether (sulfide) groups is 1. The Hall–Kier alpha value is -1.40. The molecule has 2 heterocycles. The van der Waals surface area contributed by atoms with Crippen molar-refractivity contribution in [2.24, 2.45) is 0 Å². The maximum absolute atomic E-state index is 4.28. The molecule has 6 heteroatoms. The van der Waals surface area contributed by atoms with Gasteiger partial charge in [-0.25, -0.2) is 4.68 Å². The Morgan fingerprint density at radius 3 is 2.82 bits per heavy atom. The van der Waals surface area contributed by atoms with Crippen molar-refractivity contribution in [2.75, 3.05) is 12.3 Å². The van der Waals surface area contributed by atoms with Crippen molar-refractivity contribution >= 4 is 11.8 Å². The number of nitrogens with zero attached hydrogens (tertiary/aromatic N) is 5. The first-order chi connectivity index (χ1) is 10.8. The molecule has 1 aliphatic heterocycles. The van der Waals surface area contributed by atoms with Crippen molar-refractivity contribution in [1.82, 2.24) is 25.1 Å². The summed E-state index contributed by atoms with van der Waals surface area (Å²) in [7, 11) is 0. The molecular weight excluding hydrogens is 294 g/mol. The van der Waals surface area contributed by atoms with E-state index in [0.29, 0.717) is 17.3 Å². The van der Waals surface area contributed by atoms with E-state index in [1.807, 2.05) is 4.68 Å². The lowest BCUT2D eigenvalue weighted by atomic mass is 10.0. The average Bonchev–Trinajstić information content (AvgIpc) is 3.28. The molecule has 4 rings (SSSR count). The van der Waals surface area contributed by atoms with Crippen LogP contribution in [0.2, 0.25) is 0 Å². The van der Waals surface area contributed by atoms with E-state index in [9.17, 15) is 0 Å². The van der Waals surface area contributed by atoms with E-state index in [1.165, 1.54) is 24.2 Å². The standard InChI is InChI=1S/C16H21N5S/c1-12-16(13-5-3-2-4-6-13)20(9-10-22-12)11-15-17-18-19-21(15)14-7-8-14/h2-6,12,14,16H,7-11H2,1H3/t12-,16-/m1/s1. The molecule has 0 amide bonds. The quantitative estimate of drug-likeness (QED) is 0.868. The Balaban J connectivity index is 1.59. The van der Waals surface area contributed by atoms with E-state index < -0.39 is 0 Å². The lowest BCUT2D eigenvalue weighted by molar-refractivity contribution is 0.183. The van der Waals surface area contributed by atoms with Gasteiger partial charge in [0.1, 0.15) is 0 Å². The monoisotopic (exact) mass is 315 g/mol. The highest BCUT2D eigenvalue weighted by Crippen LogP contribution is 2.38. The summed E-state index contributed by atoms with van der Waals surface area (Å²) in [6.45, 7) is 4.26. The molecule has 22 heavy (non-hydrogen) atoms. The Labute approximate surface area is 135 Å². The fourth-order valence-electron chi connectivity index (χ4n) is 3.29. The highest BCUT2D eigenvalue weighted by Gasteiger charge is 2.33. The van der Waals surface area contributed by atoms with Gasteiger partial charge in [-0.05, 0) is 28.8 Å². The molecule has 0 radical (unpaired) electrons. The van der Waals surface area contributed by atoms with Gasteiger partial charge in [-0.15, -0.1) is 5.10 Å². The fourth-order valence-corrected chi connectivity index (χ4v) is 4.52. The van der Waals surface area contributed by atoms with Crippen molar-refractivity contribution in [2.45, 2.75) is 43.6 Å². The number of benzene rings is 1. The van der Waals surface area contributed by atoms with Crippen LogP contribution in [-0.4, -0.2) is 42.7 Å². The fraction of sp³-hybridized carbons (Fsp3) is 0.562. The van der Waals surface area contributed by atoms with E-state index in [-0.39, 0.29) is 0 Å². The van der Waals surface area contributed by atoms with Gasteiger partial charge in [0.25, 0.3) is 0 Å². The van der Waals surface area contributed by atoms with E-state index >= 15 is 0 Å². The molecule has 0 bridgehead atoms. The van der Waals surface area contributed by atoms with E-state index in [4.69, 9.17) is 0 Å². The van der Waals surface area contributed by atoms with Crippen LogP contribution in [0.15, 0.2) is 30.3 Å². The Morgan fingerprint density at radius 1 is 1.23 bits per heavy atom. The smallest absolute Gasteiger partial charge is 0.165 e. The molecule has 1 aliphatic carbocycles. The topological polar surface area (TPSA) is 46.8 Å². The summed E-state index contributed by atoms with van der Waals surface area (Å²) in [6, 6.07) is 11.8. The van der Waals surface area contributed by atoms with Crippen LogP contribution in [0.5, 0.6) is 0 Å². The number of tetrazole rings is 1. The molecular formula is C16H21N5S. The van der Waals surface area contributed by atoms with Crippen LogP contribution >= 0.6 is 11.8 Å². The SMILES string of the molecule is C[C@H]1SCCN(Cc2nnnn2C2CC2)[C@H]1c1ccccc1. The third-order valence-electron chi connectivity index (χ3n) is 4.54. The van der Waals surface area contributed by atoms with Crippen molar-refractivity contribution in [1.29, 1.82) is 0 Å². The van der Waals surface area contributed by atoms with Crippen LogP contribution in [0.3, 0.4) is 0 Å². The third-order valence-corrected chi connectivity index (χ3v) is 5.74. The zero-order chi connectivity index (χ0) is 14.9. The highest BCUT2D eigenvalue weighted by molar-refractivity contribution is 8.00. The zero-order valence-corrected chi connectivity index (χ0v) is 13.6.